The molecule has 0 atom stereocenters. The normalized spacial score (nSPS) is 10.8. The Morgan fingerprint density at radius 2 is 2.19 bits per heavy atom. The molecule has 134 valence electrons. The highest BCUT2D eigenvalue weighted by Gasteiger charge is 2.13. The number of rotatable bonds is 7. The fraction of sp³-hybridized carbons (Fsp3) is 0.167. The fourth-order valence-electron chi connectivity index (χ4n) is 2.27. The van der Waals surface area contributed by atoms with Crippen molar-refractivity contribution in [3.05, 3.63) is 66.4 Å². The Hall–Kier alpha value is -2.80. The first-order valence-corrected chi connectivity index (χ1v) is 8.39. The summed E-state index contributed by atoms with van der Waals surface area (Å²) in [5.41, 5.74) is 1.67. The summed E-state index contributed by atoms with van der Waals surface area (Å²) in [5.74, 6) is 1.61. The van der Waals surface area contributed by atoms with E-state index >= 15 is 0 Å². The van der Waals surface area contributed by atoms with Crippen LogP contribution in [0.3, 0.4) is 0 Å². The Morgan fingerprint density at radius 3 is 2.92 bits per heavy atom. The van der Waals surface area contributed by atoms with E-state index in [4.69, 9.17) is 16.3 Å². The van der Waals surface area contributed by atoms with Gasteiger partial charge in [0.05, 0.1) is 31.2 Å². The minimum atomic E-state index is 0.392. The Kier molecular flexibility index (Phi) is 5.58. The average Bonchev–Trinajstić information content (AvgIpc) is 3.12. The minimum Gasteiger partial charge on any atom is -0.497 e. The lowest BCUT2D eigenvalue weighted by atomic mass is 10.1. The molecule has 3 aromatic rings. The van der Waals surface area contributed by atoms with Crippen LogP contribution in [0.4, 0.5) is 17.5 Å². The molecule has 0 saturated carbocycles. The van der Waals surface area contributed by atoms with Gasteiger partial charge in [0.1, 0.15) is 10.8 Å². The molecule has 2 N–H and O–H groups in total. The van der Waals surface area contributed by atoms with Crippen molar-refractivity contribution in [2.24, 2.45) is 0 Å². The van der Waals surface area contributed by atoms with Gasteiger partial charge in [0.2, 0.25) is 5.95 Å². The topological polar surface area (TPSA) is 76.9 Å². The van der Waals surface area contributed by atoms with Gasteiger partial charge in [-0.3, -0.25) is 4.68 Å². The van der Waals surface area contributed by atoms with Crippen molar-refractivity contribution in [3.63, 3.8) is 0 Å². The maximum Gasteiger partial charge on any atom is 0.229 e. The zero-order valence-electron chi connectivity index (χ0n) is 14.5. The number of nitrogens with one attached hydrogen (secondary N) is 2. The van der Waals surface area contributed by atoms with E-state index in [0.717, 1.165) is 23.5 Å². The number of benzene rings is 1. The van der Waals surface area contributed by atoms with Gasteiger partial charge in [-0.05, 0) is 31.5 Å². The summed E-state index contributed by atoms with van der Waals surface area (Å²) in [5, 5.41) is 10.8. The van der Waals surface area contributed by atoms with E-state index in [9.17, 15) is 0 Å². The van der Waals surface area contributed by atoms with Crippen LogP contribution in [0.1, 0.15) is 12.5 Å². The summed E-state index contributed by atoms with van der Waals surface area (Å²) in [6.07, 6.45) is 5.12. The van der Waals surface area contributed by atoms with E-state index in [1.165, 1.54) is 6.20 Å². The van der Waals surface area contributed by atoms with Crippen molar-refractivity contribution >= 4 is 29.1 Å². The van der Waals surface area contributed by atoms with Crippen LogP contribution in [-0.4, -0.2) is 26.9 Å². The van der Waals surface area contributed by atoms with Crippen molar-refractivity contribution < 1.29 is 4.74 Å². The maximum atomic E-state index is 6.22. The summed E-state index contributed by atoms with van der Waals surface area (Å²) in [6, 6.07) is 8.20. The molecule has 0 saturated heterocycles. The number of anilines is 3. The van der Waals surface area contributed by atoms with Gasteiger partial charge < -0.3 is 15.4 Å². The summed E-state index contributed by atoms with van der Waals surface area (Å²) >= 11 is 6.22. The standard InChI is InChI=1S/C18H19ClN6O/c1-4-25-11-14(9-21-25)23-18-20-10-16(19)17(24-18)22-12(2)13-6-5-7-15(8-13)26-3/h5-11H,2,4H2,1,3H3,(H2,20,22,23,24). The van der Waals surface area contributed by atoms with Crippen molar-refractivity contribution in [2.45, 2.75) is 13.5 Å². The van der Waals surface area contributed by atoms with Gasteiger partial charge in [0.15, 0.2) is 5.82 Å². The largest absolute Gasteiger partial charge is 0.497 e. The fourth-order valence-corrected chi connectivity index (χ4v) is 2.41. The molecular formula is C18H19ClN6O. The molecule has 7 nitrogen and oxygen atoms in total. The number of hydrogen-bond donors (Lipinski definition) is 2. The SMILES string of the molecule is [CH2][C](Nc1nc(Nc2cnn(CC)c2)ncc1Cl)c1cccc(OC)c1. The van der Waals surface area contributed by atoms with Crippen LogP contribution in [0, 0.1) is 13.0 Å². The molecule has 0 aliphatic carbocycles. The lowest BCUT2D eigenvalue weighted by Crippen LogP contribution is -2.11. The third-order valence-corrected chi connectivity index (χ3v) is 3.92. The predicted molar refractivity (Wildman–Crippen MR) is 103 cm³/mol. The van der Waals surface area contributed by atoms with E-state index in [2.05, 4.69) is 32.6 Å². The third kappa shape index (κ3) is 4.23. The first-order valence-electron chi connectivity index (χ1n) is 8.01. The van der Waals surface area contributed by atoms with Crippen molar-refractivity contribution in [3.8, 4) is 5.75 Å². The van der Waals surface area contributed by atoms with E-state index in [0.29, 0.717) is 22.8 Å². The summed E-state index contributed by atoms with van der Waals surface area (Å²) in [6.45, 7) is 6.85. The molecule has 0 fully saturated rings. The van der Waals surface area contributed by atoms with Crippen LogP contribution in [0.2, 0.25) is 5.02 Å². The van der Waals surface area contributed by atoms with Gasteiger partial charge in [0.25, 0.3) is 0 Å². The van der Waals surface area contributed by atoms with Crippen LogP contribution >= 0.6 is 11.6 Å². The second-order valence-corrected chi connectivity index (χ2v) is 5.84. The Morgan fingerprint density at radius 1 is 1.35 bits per heavy atom. The van der Waals surface area contributed by atoms with Crippen LogP contribution in [0.15, 0.2) is 42.9 Å². The molecule has 3 rings (SSSR count). The smallest absolute Gasteiger partial charge is 0.229 e. The maximum absolute atomic E-state index is 6.22. The molecule has 2 aromatic heterocycles. The number of nitrogens with zero attached hydrogens (tertiary/aromatic N) is 4. The molecule has 0 unspecified atom stereocenters. The first-order chi connectivity index (χ1) is 12.6. The van der Waals surface area contributed by atoms with Gasteiger partial charge in [-0.1, -0.05) is 23.7 Å². The highest BCUT2D eigenvalue weighted by molar-refractivity contribution is 6.32. The lowest BCUT2D eigenvalue weighted by Gasteiger charge is -2.16. The van der Waals surface area contributed by atoms with Crippen LogP contribution < -0.4 is 15.4 Å². The minimum absolute atomic E-state index is 0.392. The highest BCUT2D eigenvalue weighted by Crippen LogP contribution is 2.26. The van der Waals surface area contributed by atoms with Gasteiger partial charge >= 0.3 is 0 Å². The molecule has 1 aromatic carbocycles. The van der Waals surface area contributed by atoms with E-state index in [1.54, 1.807) is 13.3 Å². The molecule has 0 spiro atoms. The molecule has 2 heterocycles. The molecule has 2 radical (unpaired) electrons. The zero-order chi connectivity index (χ0) is 18.5. The van der Waals surface area contributed by atoms with Crippen molar-refractivity contribution in [1.82, 2.24) is 19.7 Å². The van der Waals surface area contributed by atoms with E-state index in [1.807, 2.05) is 42.1 Å². The summed E-state index contributed by atoms with van der Waals surface area (Å²) < 4.78 is 7.04. The summed E-state index contributed by atoms with van der Waals surface area (Å²) in [7, 11) is 1.62. The van der Waals surface area contributed by atoms with Crippen molar-refractivity contribution in [1.29, 1.82) is 0 Å². The number of hydrogen-bond acceptors (Lipinski definition) is 6. The average molecular weight is 371 g/mol. The number of ether oxygens (including phenoxy) is 1. The molecule has 8 heteroatoms. The lowest BCUT2D eigenvalue weighted by molar-refractivity contribution is 0.414. The van der Waals surface area contributed by atoms with E-state index < -0.39 is 0 Å². The molecule has 0 aliphatic rings. The van der Waals surface area contributed by atoms with Crippen LogP contribution in [0.25, 0.3) is 0 Å². The third-order valence-electron chi connectivity index (χ3n) is 3.64. The number of halogens is 1. The quantitative estimate of drug-likeness (QED) is 0.656. The van der Waals surface area contributed by atoms with Gasteiger partial charge in [-0.25, -0.2) is 4.98 Å². The van der Waals surface area contributed by atoms with Crippen molar-refractivity contribution in [2.75, 3.05) is 17.7 Å². The van der Waals surface area contributed by atoms with Crippen LogP contribution in [0.5, 0.6) is 5.75 Å². The van der Waals surface area contributed by atoms with Gasteiger partial charge in [-0.15, -0.1) is 0 Å². The molecular weight excluding hydrogens is 352 g/mol. The Balaban J connectivity index is 1.76. The number of aromatic nitrogens is 4. The van der Waals surface area contributed by atoms with Gasteiger partial charge in [0, 0.05) is 12.7 Å². The first kappa shape index (κ1) is 18.0. The highest BCUT2D eigenvalue weighted by atomic mass is 35.5. The second-order valence-electron chi connectivity index (χ2n) is 5.44. The Labute approximate surface area is 157 Å². The summed E-state index contributed by atoms with van der Waals surface area (Å²) in [4.78, 5) is 8.61. The zero-order valence-corrected chi connectivity index (χ0v) is 15.3. The van der Waals surface area contributed by atoms with Gasteiger partial charge in [-0.2, -0.15) is 10.1 Å². The molecule has 26 heavy (non-hydrogen) atoms. The second kappa shape index (κ2) is 8.05. The van der Waals surface area contributed by atoms with E-state index in [-0.39, 0.29) is 0 Å². The number of aryl methyl sites for hydroxylation is 1. The predicted octanol–water partition coefficient (Wildman–Crippen LogP) is 3.92. The monoisotopic (exact) mass is 370 g/mol. The molecule has 0 bridgehead atoms. The van der Waals surface area contributed by atoms with Crippen LogP contribution in [-0.2, 0) is 6.54 Å². The Bertz CT molecular complexity index is 882. The molecule has 0 amide bonds. The molecule has 0 aliphatic heterocycles. The number of methoxy groups -OCH3 is 1.